The molecule has 0 fully saturated rings. The van der Waals surface area contributed by atoms with Crippen molar-refractivity contribution in [3.8, 4) is 11.8 Å². The first-order valence-electron chi connectivity index (χ1n) is 11.2. The van der Waals surface area contributed by atoms with Gasteiger partial charge in [-0.05, 0) is 45.4 Å². The molecule has 0 spiro atoms. The van der Waals surface area contributed by atoms with Crippen LogP contribution < -0.4 is 5.73 Å². The third kappa shape index (κ3) is 4.79. The summed E-state index contributed by atoms with van der Waals surface area (Å²) in [5, 5.41) is 15.3. The summed E-state index contributed by atoms with van der Waals surface area (Å²) < 4.78 is 16.7. The highest BCUT2D eigenvalue weighted by Gasteiger charge is 2.22. The van der Waals surface area contributed by atoms with E-state index in [9.17, 15) is 9.90 Å². The zero-order valence-electron chi connectivity index (χ0n) is 20.3. The number of aliphatic hydroxyl groups is 1. The molecule has 8 nitrogen and oxygen atoms in total. The lowest BCUT2D eigenvalue weighted by Crippen LogP contribution is -2.31. The van der Waals surface area contributed by atoms with Crippen LogP contribution in [0.2, 0.25) is 0 Å². The van der Waals surface area contributed by atoms with Crippen molar-refractivity contribution in [2.75, 3.05) is 12.3 Å². The summed E-state index contributed by atoms with van der Waals surface area (Å²) in [7, 11) is 1.76. The molecule has 9 heteroatoms. The van der Waals surface area contributed by atoms with Gasteiger partial charge in [-0.25, -0.2) is 9.37 Å². The molecular weight excluding hydrogens is 447 g/mol. The van der Waals surface area contributed by atoms with Crippen molar-refractivity contribution in [3.63, 3.8) is 0 Å². The lowest BCUT2D eigenvalue weighted by atomic mass is 10.1. The minimum Gasteiger partial charge on any atom is -0.383 e. The third-order valence-corrected chi connectivity index (χ3v) is 5.72. The summed E-state index contributed by atoms with van der Waals surface area (Å²) >= 11 is 0. The largest absolute Gasteiger partial charge is 0.383 e. The molecule has 3 heterocycles. The van der Waals surface area contributed by atoms with E-state index in [0.717, 1.165) is 5.56 Å². The maximum Gasteiger partial charge on any atom is 0.257 e. The topological polar surface area (TPSA) is 110 Å². The van der Waals surface area contributed by atoms with Crippen LogP contribution in [0.1, 0.15) is 48.0 Å². The Morgan fingerprint density at radius 3 is 2.66 bits per heavy atom. The predicted octanol–water partition coefficient (Wildman–Crippen LogP) is 3.33. The lowest BCUT2D eigenvalue weighted by molar-refractivity contribution is 0.0746. The molecule has 0 saturated heterocycles. The number of nitrogens with two attached hydrogens (primary N) is 1. The molecule has 1 amide bonds. The van der Waals surface area contributed by atoms with Gasteiger partial charge in [-0.1, -0.05) is 11.8 Å². The molecule has 0 aliphatic carbocycles. The molecule has 4 aromatic rings. The Morgan fingerprint density at radius 1 is 1.26 bits per heavy atom. The highest BCUT2D eigenvalue weighted by atomic mass is 19.1. The SMILES string of the molecule is CCN(Cc1cc(C)c(C#CC(C)(C)O)cn1)C(=O)c1cc2c(cc1F)nc(N)c1cnn(C)c12. The van der Waals surface area contributed by atoms with Gasteiger partial charge in [0.25, 0.3) is 5.91 Å². The number of amides is 1. The standard InChI is InChI=1S/C26H27FN6O2/c1-6-33(14-17-9-15(2)16(12-29-17)7-8-26(3,4)35)25(34)18-10-19-22(11-21(18)27)31-24(28)20-13-30-32(5)23(19)20/h9-13,35H,6,14H2,1-5H3,(H2,28,31). The average Bonchev–Trinajstić information content (AvgIpc) is 3.18. The number of fused-ring (bicyclic) bond motifs is 3. The van der Waals surface area contributed by atoms with Crippen molar-refractivity contribution in [1.29, 1.82) is 0 Å². The number of pyridine rings is 2. The Bertz CT molecular complexity index is 1520. The Hall–Kier alpha value is -4.03. The van der Waals surface area contributed by atoms with Gasteiger partial charge in [0, 0.05) is 36.8 Å². The monoisotopic (exact) mass is 474 g/mol. The van der Waals surface area contributed by atoms with Crippen LogP contribution in [0.4, 0.5) is 10.2 Å². The van der Waals surface area contributed by atoms with E-state index in [0.29, 0.717) is 39.6 Å². The van der Waals surface area contributed by atoms with Crippen molar-refractivity contribution in [1.82, 2.24) is 24.6 Å². The van der Waals surface area contributed by atoms with Crippen LogP contribution >= 0.6 is 0 Å². The molecule has 0 aliphatic rings. The number of hydrogen-bond acceptors (Lipinski definition) is 6. The number of aromatic nitrogens is 4. The predicted molar refractivity (Wildman–Crippen MR) is 133 cm³/mol. The Balaban J connectivity index is 1.68. The van der Waals surface area contributed by atoms with Crippen molar-refractivity contribution in [2.24, 2.45) is 7.05 Å². The number of nitrogens with zero attached hydrogens (tertiary/aromatic N) is 5. The van der Waals surface area contributed by atoms with E-state index < -0.39 is 17.3 Å². The molecular formula is C26H27FN6O2. The molecule has 35 heavy (non-hydrogen) atoms. The van der Waals surface area contributed by atoms with E-state index in [4.69, 9.17) is 5.73 Å². The Labute approximate surface area is 202 Å². The van der Waals surface area contributed by atoms with Crippen molar-refractivity contribution in [2.45, 2.75) is 39.8 Å². The zero-order valence-corrected chi connectivity index (χ0v) is 20.3. The molecule has 1 aromatic carbocycles. The number of halogens is 1. The Kier molecular flexibility index (Phi) is 6.17. The van der Waals surface area contributed by atoms with Gasteiger partial charge in [0.2, 0.25) is 0 Å². The molecule has 0 unspecified atom stereocenters. The van der Waals surface area contributed by atoms with Gasteiger partial charge in [-0.15, -0.1) is 0 Å². The van der Waals surface area contributed by atoms with Crippen LogP contribution in [0.3, 0.4) is 0 Å². The van der Waals surface area contributed by atoms with E-state index >= 15 is 4.39 Å². The minimum absolute atomic E-state index is 0.0576. The van der Waals surface area contributed by atoms with Crippen LogP contribution in [0, 0.1) is 24.6 Å². The van der Waals surface area contributed by atoms with Crippen LogP contribution in [-0.2, 0) is 13.6 Å². The summed E-state index contributed by atoms with van der Waals surface area (Å²) in [6.07, 6.45) is 3.22. The normalized spacial score (nSPS) is 11.5. The molecule has 4 rings (SSSR count). The number of hydrogen-bond donors (Lipinski definition) is 2. The van der Waals surface area contributed by atoms with E-state index in [1.807, 2.05) is 19.9 Å². The van der Waals surface area contributed by atoms with Gasteiger partial charge < -0.3 is 15.7 Å². The summed E-state index contributed by atoms with van der Waals surface area (Å²) in [6.45, 7) is 7.50. The van der Waals surface area contributed by atoms with E-state index in [1.54, 1.807) is 38.0 Å². The van der Waals surface area contributed by atoms with Crippen LogP contribution in [0.5, 0.6) is 0 Å². The fourth-order valence-electron chi connectivity index (χ4n) is 3.89. The first-order valence-corrected chi connectivity index (χ1v) is 11.2. The second-order valence-electron chi connectivity index (χ2n) is 9.00. The van der Waals surface area contributed by atoms with Gasteiger partial charge in [0.05, 0.1) is 40.4 Å². The Morgan fingerprint density at radius 2 is 2.00 bits per heavy atom. The quantitative estimate of drug-likeness (QED) is 0.439. The third-order valence-electron chi connectivity index (χ3n) is 5.72. The molecule has 0 bridgehead atoms. The number of carbonyl (C=O) groups excluding carboxylic acids is 1. The summed E-state index contributed by atoms with van der Waals surface area (Å²) in [4.78, 5) is 23.6. The maximum atomic E-state index is 15.1. The molecule has 3 aromatic heterocycles. The van der Waals surface area contributed by atoms with E-state index in [-0.39, 0.29) is 17.9 Å². The van der Waals surface area contributed by atoms with Gasteiger partial charge in [-0.3, -0.25) is 14.5 Å². The van der Waals surface area contributed by atoms with E-state index in [1.165, 1.54) is 17.0 Å². The number of nitrogen functional groups attached to an aromatic ring is 1. The van der Waals surface area contributed by atoms with E-state index in [2.05, 4.69) is 26.9 Å². The second-order valence-corrected chi connectivity index (χ2v) is 9.00. The molecule has 0 saturated carbocycles. The minimum atomic E-state index is -1.11. The second kappa shape index (κ2) is 8.96. The highest BCUT2D eigenvalue weighted by molar-refractivity contribution is 6.10. The highest BCUT2D eigenvalue weighted by Crippen LogP contribution is 2.29. The van der Waals surface area contributed by atoms with Gasteiger partial charge >= 0.3 is 0 Å². The van der Waals surface area contributed by atoms with Crippen LogP contribution in [0.25, 0.3) is 21.8 Å². The van der Waals surface area contributed by atoms with Crippen LogP contribution in [-0.4, -0.2) is 47.8 Å². The number of rotatable bonds is 4. The first kappa shape index (κ1) is 24.1. The molecule has 180 valence electrons. The van der Waals surface area contributed by atoms with Crippen molar-refractivity contribution in [3.05, 3.63) is 58.8 Å². The summed E-state index contributed by atoms with van der Waals surface area (Å²) in [6, 6.07) is 4.59. The lowest BCUT2D eigenvalue weighted by Gasteiger charge is -2.21. The first-order chi connectivity index (χ1) is 16.5. The number of aryl methyl sites for hydroxylation is 2. The number of carbonyl (C=O) groups is 1. The molecule has 3 N–H and O–H groups in total. The fraction of sp³-hybridized carbons (Fsp3) is 0.308. The number of anilines is 1. The zero-order chi connectivity index (χ0) is 25.5. The maximum absolute atomic E-state index is 15.1. The van der Waals surface area contributed by atoms with Gasteiger partial charge in [0.1, 0.15) is 17.2 Å². The van der Waals surface area contributed by atoms with Crippen LogP contribution in [0.15, 0.2) is 30.6 Å². The molecule has 0 aliphatic heterocycles. The average molecular weight is 475 g/mol. The van der Waals surface area contributed by atoms with Gasteiger partial charge in [0.15, 0.2) is 0 Å². The van der Waals surface area contributed by atoms with Crippen molar-refractivity contribution >= 4 is 33.5 Å². The van der Waals surface area contributed by atoms with Crippen molar-refractivity contribution < 1.29 is 14.3 Å². The molecule has 0 atom stereocenters. The number of benzene rings is 1. The summed E-state index contributed by atoms with van der Waals surface area (Å²) in [5.41, 5.74) is 8.10. The summed E-state index contributed by atoms with van der Waals surface area (Å²) in [5.74, 6) is 4.83. The smallest absolute Gasteiger partial charge is 0.257 e. The fourth-order valence-corrected chi connectivity index (χ4v) is 3.89. The molecule has 0 radical (unpaired) electrons. The van der Waals surface area contributed by atoms with Gasteiger partial charge in [-0.2, -0.15) is 5.10 Å².